The monoisotopic (exact) mass is 286 g/mol. The van der Waals surface area contributed by atoms with E-state index in [-0.39, 0.29) is 17.2 Å². The molecule has 0 aliphatic carbocycles. The second-order valence-electron chi connectivity index (χ2n) is 4.81. The van der Waals surface area contributed by atoms with Crippen LogP contribution >= 0.6 is 0 Å². The Labute approximate surface area is 119 Å². The van der Waals surface area contributed by atoms with E-state index >= 15 is 0 Å². The van der Waals surface area contributed by atoms with Crippen LogP contribution in [0.3, 0.4) is 0 Å². The maximum atomic E-state index is 12.8. The molecule has 21 heavy (non-hydrogen) atoms. The number of pyridine rings is 1. The minimum Gasteiger partial charge on any atom is -0.478 e. The second kappa shape index (κ2) is 4.97. The molecule has 5 nitrogen and oxygen atoms in total. The summed E-state index contributed by atoms with van der Waals surface area (Å²) in [6, 6.07) is 7.33. The van der Waals surface area contributed by atoms with Crippen molar-refractivity contribution in [2.75, 3.05) is 0 Å². The number of aromatic nitrogens is 1. The van der Waals surface area contributed by atoms with Gasteiger partial charge in [0.2, 0.25) is 0 Å². The average Bonchev–Trinajstić information content (AvgIpc) is 2.90. The summed E-state index contributed by atoms with van der Waals surface area (Å²) in [7, 11) is 0. The van der Waals surface area contributed by atoms with Gasteiger partial charge in [-0.25, -0.2) is 14.2 Å². The fourth-order valence-corrected chi connectivity index (χ4v) is 2.34. The average molecular weight is 286 g/mol. The molecule has 2 heterocycles. The number of carboxylic acid groups (broad SMARTS) is 1. The molecule has 3 rings (SSSR count). The number of rotatable bonds is 2. The van der Waals surface area contributed by atoms with Crippen molar-refractivity contribution in [2.45, 2.75) is 13.1 Å². The highest BCUT2D eigenvalue weighted by molar-refractivity contribution is 5.93. The Hall–Kier alpha value is -2.76. The smallest absolute Gasteiger partial charge is 0.335 e. The lowest BCUT2D eigenvalue weighted by Crippen LogP contribution is -2.26. The zero-order chi connectivity index (χ0) is 15.0. The first-order valence-corrected chi connectivity index (χ1v) is 6.30. The van der Waals surface area contributed by atoms with Crippen molar-refractivity contribution in [3.05, 3.63) is 64.7 Å². The van der Waals surface area contributed by atoms with Crippen LogP contribution in [0.25, 0.3) is 0 Å². The van der Waals surface area contributed by atoms with Crippen LogP contribution in [0.1, 0.15) is 32.0 Å². The third-order valence-electron chi connectivity index (χ3n) is 3.41. The van der Waals surface area contributed by atoms with Crippen molar-refractivity contribution >= 4 is 11.9 Å². The highest BCUT2D eigenvalue weighted by Gasteiger charge is 2.25. The number of benzene rings is 1. The van der Waals surface area contributed by atoms with Crippen molar-refractivity contribution in [3.8, 4) is 0 Å². The Balaban J connectivity index is 1.82. The number of hydrogen-bond donors (Lipinski definition) is 1. The molecule has 0 unspecified atom stereocenters. The van der Waals surface area contributed by atoms with Gasteiger partial charge < -0.3 is 10.0 Å². The van der Waals surface area contributed by atoms with Crippen LogP contribution in [0.15, 0.2) is 36.5 Å². The van der Waals surface area contributed by atoms with E-state index in [1.54, 1.807) is 17.0 Å². The standard InChI is InChI=1S/C15H11FN2O3/c16-12-3-4-13(17-6-12)14(19)18-7-10-2-1-9(15(20)21)5-11(10)8-18/h1-6H,7-8H2,(H,20,21). The molecule has 0 spiro atoms. The fourth-order valence-electron chi connectivity index (χ4n) is 2.34. The summed E-state index contributed by atoms with van der Waals surface area (Å²) in [5, 5.41) is 8.97. The molecule has 1 amide bonds. The topological polar surface area (TPSA) is 70.5 Å². The molecule has 2 aromatic rings. The number of carbonyl (C=O) groups excluding carboxylic acids is 1. The van der Waals surface area contributed by atoms with Crippen LogP contribution in [-0.4, -0.2) is 26.9 Å². The van der Waals surface area contributed by atoms with E-state index in [0.29, 0.717) is 13.1 Å². The molecule has 6 heteroatoms. The summed E-state index contributed by atoms with van der Waals surface area (Å²) < 4.78 is 12.8. The Morgan fingerprint density at radius 2 is 1.90 bits per heavy atom. The summed E-state index contributed by atoms with van der Waals surface area (Å²) in [6.07, 6.45) is 0.999. The maximum Gasteiger partial charge on any atom is 0.335 e. The summed E-state index contributed by atoms with van der Waals surface area (Å²) in [4.78, 5) is 28.5. The third kappa shape index (κ3) is 2.47. The Morgan fingerprint density at radius 1 is 1.14 bits per heavy atom. The molecule has 0 bridgehead atoms. The van der Waals surface area contributed by atoms with Crippen LogP contribution in [0, 0.1) is 5.82 Å². The highest BCUT2D eigenvalue weighted by atomic mass is 19.1. The lowest BCUT2D eigenvalue weighted by Gasteiger charge is -2.14. The molecule has 1 N–H and O–H groups in total. The molecule has 1 aliphatic rings. The van der Waals surface area contributed by atoms with Crippen LogP contribution in [0.2, 0.25) is 0 Å². The number of amides is 1. The van der Waals surface area contributed by atoms with E-state index in [2.05, 4.69) is 4.98 Å². The number of hydrogen-bond acceptors (Lipinski definition) is 3. The largest absolute Gasteiger partial charge is 0.478 e. The molecule has 0 atom stereocenters. The Kier molecular flexibility index (Phi) is 3.13. The summed E-state index contributed by atoms with van der Waals surface area (Å²) in [6.45, 7) is 0.724. The third-order valence-corrected chi connectivity index (χ3v) is 3.41. The van der Waals surface area contributed by atoms with Crippen molar-refractivity contribution in [2.24, 2.45) is 0 Å². The molecule has 0 saturated heterocycles. The quantitative estimate of drug-likeness (QED) is 0.917. The molecular formula is C15H11FN2O3. The fraction of sp³-hybridized carbons (Fsp3) is 0.133. The van der Waals surface area contributed by atoms with Gasteiger partial charge in [0.05, 0.1) is 11.8 Å². The van der Waals surface area contributed by atoms with E-state index in [1.807, 2.05) is 0 Å². The van der Waals surface area contributed by atoms with Gasteiger partial charge in [0.1, 0.15) is 11.5 Å². The van der Waals surface area contributed by atoms with Crippen molar-refractivity contribution in [1.82, 2.24) is 9.88 Å². The zero-order valence-corrected chi connectivity index (χ0v) is 10.9. The molecule has 0 radical (unpaired) electrons. The van der Waals surface area contributed by atoms with E-state index < -0.39 is 11.8 Å². The predicted molar refractivity (Wildman–Crippen MR) is 71.2 cm³/mol. The van der Waals surface area contributed by atoms with Crippen LogP contribution in [0.5, 0.6) is 0 Å². The summed E-state index contributed by atoms with van der Waals surface area (Å²) in [5.74, 6) is -1.80. The van der Waals surface area contributed by atoms with E-state index in [1.165, 1.54) is 18.2 Å². The second-order valence-corrected chi connectivity index (χ2v) is 4.81. The van der Waals surface area contributed by atoms with Crippen LogP contribution < -0.4 is 0 Å². The van der Waals surface area contributed by atoms with Crippen molar-refractivity contribution in [1.29, 1.82) is 0 Å². The van der Waals surface area contributed by atoms with E-state index in [4.69, 9.17) is 5.11 Å². The molecule has 1 aliphatic heterocycles. The lowest BCUT2D eigenvalue weighted by atomic mass is 10.1. The summed E-state index contributed by atoms with van der Waals surface area (Å²) in [5.41, 5.74) is 2.09. The predicted octanol–water partition coefficient (Wildman–Crippen LogP) is 2.07. The van der Waals surface area contributed by atoms with Crippen molar-refractivity contribution < 1.29 is 19.1 Å². The van der Waals surface area contributed by atoms with E-state index in [0.717, 1.165) is 17.3 Å². The number of nitrogens with zero attached hydrogens (tertiary/aromatic N) is 2. The molecule has 0 saturated carbocycles. The number of carboxylic acids is 1. The number of fused-ring (bicyclic) bond motifs is 1. The maximum absolute atomic E-state index is 12.8. The molecular weight excluding hydrogens is 275 g/mol. The molecule has 1 aromatic heterocycles. The Morgan fingerprint density at radius 3 is 2.57 bits per heavy atom. The molecule has 106 valence electrons. The van der Waals surface area contributed by atoms with Gasteiger partial charge in [-0.2, -0.15) is 0 Å². The van der Waals surface area contributed by atoms with E-state index in [9.17, 15) is 14.0 Å². The summed E-state index contributed by atoms with van der Waals surface area (Å²) >= 11 is 0. The first-order chi connectivity index (χ1) is 10.0. The lowest BCUT2D eigenvalue weighted by molar-refractivity contribution is 0.0696. The minimum absolute atomic E-state index is 0.169. The van der Waals surface area contributed by atoms with Gasteiger partial charge in [-0.15, -0.1) is 0 Å². The van der Waals surface area contributed by atoms with Gasteiger partial charge in [0.15, 0.2) is 0 Å². The number of carbonyl (C=O) groups is 2. The van der Waals surface area contributed by atoms with Crippen LogP contribution in [0.4, 0.5) is 4.39 Å². The number of halogens is 1. The van der Waals surface area contributed by atoms with Gasteiger partial charge in [0.25, 0.3) is 5.91 Å². The first kappa shape index (κ1) is 13.2. The van der Waals surface area contributed by atoms with Gasteiger partial charge in [-0.05, 0) is 35.4 Å². The van der Waals surface area contributed by atoms with Gasteiger partial charge in [-0.1, -0.05) is 6.07 Å². The molecule has 1 aromatic carbocycles. The number of aromatic carboxylic acids is 1. The SMILES string of the molecule is O=C(O)c1ccc2c(c1)CN(C(=O)c1ccc(F)cn1)C2. The highest BCUT2D eigenvalue weighted by Crippen LogP contribution is 2.25. The van der Waals surface area contributed by atoms with Gasteiger partial charge >= 0.3 is 5.97 Å². The van der Waals surface area contributed by atoms with Gasteiger partial charge in [-0.3, -0.25) is 4.79 Å². The van der Waals surface area contributed by atoms with Gasteiger partial charge in [0, 0.05) is 13.1 Å². The van der Waals surface area contributed by atoms with Crippen LogP contribution in [-0.2, 0) is 13.1 Å². The first-order valence-electron chi connectivity index (χ1n) is 6.30. The van der Waals surface area contributed by atoms with Crippen molar-refractivity contribution in [3.63, 3.8) is 0 Å². The normalized spacial score (nSPS) is 13.1. The zero-order valence-electron chi connectivity index (χ0n) is 10.9. The molecule has 0 fully saturated rings. The minimum atomic E-state index is -0.997. The Bertz CT molecular complexity index is 728.